The molecule has 0 saturated carbocycles. The third kappa shape index (κ3) is 3.38. The molecule has 1 amide bonds. The van der Waals surface area contributed by atoms with Crippen molar-refractivity contribution in [3.8, 4) is 0 Å². The van der Waals surface area contributed by atoms with E-state index in [9.17, 15) is 4.79 Å². The Labute approximate surface area is 94.9 Å². The fourth-order valence-corrected chi connectivity index (χ4v) is 1.17. The van der Waals surface area contributed by atoms with Crippen LogP contribution in [-0.4, -0.2) is 35.5 Å². The highest BCUT2D eigenvalue weighted by atomic mass is 16.2. The minimum absolute atomic E-state index is 0.0490. The molecule has 0 aliphatic carbocycles. The van der Waals surface area contributed by atoms with E-state index in [1.54, 1.807) is 26.2 Å². The molecule has 1 heterocycles. The molecule has 0 spiro atoms. The zero-order chi connectivity index (χ0) is 12.0. The lowest BCUT2D eigenvalue weighted by Gasteiger charge is -2.13. The molecule has 0 aromatic carbocycles. The zero-order valence-corrected chi connectivity index (χ0v) is 9.74. The van der Waals surface area contributed by atoms with Crippen LogP contribution in [0.4, 0.5) is 11.8 Å². The first-order chi connectivity index (χ1) is 7.67. The summed E-state index contributed by atoms with van der Waals surface area (Å²) < 4.78 is 0. The van der Waals surface area contributed by atoms with E-state index in [1.165, 1.54) is 0 Å². The third-order valence-corrected chi connectivity index (χ3v) is 1.99. The van der Waals surface area contributed by atoms with E-state index < -0.39 is 0 Å². The molecule has 1 rings (SSSR count). The number of aromatic nitrogens is 2. The van der Waals surface area contributed by atoms with Crippen LogP contribution in [0.25, 0.3) is 0 Å². The van der Waals surface area contributed by atoms with E-state index in [4.69, 9.17) is 0 Å². The first-order valence-corrected chi connectivity index (χ1v) is 5.22. The van der Waals surface area contributed by atoms with Crippen LogP contribution < -0.4 is 16.0 Å². The topological polar surface area (TPSA) is 78.9 Å². The number of hydrogen-bond donors (Lipinski definition) is 3. The van der Waals surface area contributed by atoms with Crippen molar-refractivity contribution in [3.05, 3.63) is 12.3 Å². The van der Waals surface area contributed by atoms with Gasteiger partial charge in [0.25, 0.3) is 0 Å². The SMILES string of the molecule is CCNC(=O)C(C)Nc1ccnc(NC)n1. The minimum atomic E-state index is -0.320. The summed E-state index contributed by atoms with van der Waals surface area (Å²) in [7, 11) is 1.74. The van der Waals surface area contributed by atoms with Crippen LogP contribution in [-0.2, 0) is 4.79 Å². The standard InChI is InChI=1S/C10H17N5O/c1-4-12-9(16)7(2)14-8-5-6-13-10(11-3)15-8/h5-7H,4H2,1-3H3,(H,12,16)(H2,11,13,14,15). The molecule has 0 aliphatic heterocycles. The average Bonchev–Trinajstić information content (AvgIpc) is 2.29. The number of carbonyl (C=O) groups is 1. The second kappa shape index (κ2) is 5.89. The van der Waals surface area contributed by atoms with Gasteiger partial charge in [0.2, 0.25) is 11.9 Å². The smallest absolute Gasteiger partial charge is 0.242 e. The summed E-state index contributed by atoms with van der Waals surface area (Å²) in [5.41, 5.74) is 0. The fourth-order valence-electron chi connectivity index (χ4n) is 1.17. The highest BCUT2D eigenvalue weighted by Crippen LogP contribution is 2.06. The number of rotatable bonds is 5. The molecule has 0 bridgehead atoms. The van der Waals surface area contributed by atoms with Crippen LogP contribution in [0.1, 0.15) is 13.8 Å². The van der Waals surface area contributed by atoms with Crippen LogP contribution in [0.15, 0.2) is 12.3 Å². The van der Waals surface area contributed by atoms with Gasteiger partial charge >= 0.3 is 0 Å². The number of nitrogens with zero attached hydrogens (tertiary/aromatic N) is 2. The van der Waals surface area contributed by atoms with Crippen molar-refractivity contribution >= 4 is 17.7 Å². The summed E-state index contributed by atoms with van der Waals surface area (Å²) in [6.07, 6.45) is 1.63. The molecule has 3 N–H and O–H groups in total. The second-order valence-electron chi connectivity index (χ2n) is 3.28. The normalized spacial score (nSPS) is 11.7. The average molecular weight is 223 g/mol. The molecule has 16 heavy (non-hydrogen) atoms. The van der Waals surface area contributed by atoms with Gasteiger partial charge in [-0.3, -0.25) is 4.79 Å². The molecular formula is C10H17N5O. The maximum absolute atomic E-state index is 11.5. The van der Waals surface area contributed by atoms with E-state index >= 15 is 0 Å². The highest BCUT2D eigenvalue weighted by molar-refractivity contribution is 5.83. The number of nitrogens with one attached hydrogen (secondary N) is 3. The van der Waals surface area contributed by atoms with Crippen molar-refractivity contribution in [2.45, 2.75) is 19.9 Å². The van der Waals surface area contributed by atoms with Gasteiger partial charge in [0.05, 0.1) is 0 Å². The maximum Gasteiger partial charge on any atom is 0.242 e. The molecular weight excluding hydrogens is 206 g/mol. The Kier molecular flexibility index (Phi) is 4.50. The Bertz CT molecular complexity index is 355. The molecule has 6 nitrogen and oxygen atoms in total. The summed E-state index contributed by atoms with van der Waals surface area (Å²) in [4.78, 5) is 19.6. The fraction of sp³-hybridized carbons (Fsp3) is 0.500. The molecule has 1 unspecified atom stereocenters. The lowest BCUT2D eigenvalue weighted by atomic mass is 10.3. The summed E-state index contributed by atoms with van der Waals surface area (Å²) in [5.74, 6) is 1.10. The number of anilines is 2. The van der Waals surface area contributed by atoms with Crippen molar-refractivity contribution in [1.82, 2.24) is 15.3 Å². The Morgan fingerprint density at radius 1 is 1.56 bits per heavy atom. The predicted molar refractivity (Wildman–Crippen MR) is 63.3 cm³/mol. The molecule has 0 saturated heterocycles. The van der Waals surface area contributed by atoms with E-state index in [1.807, 2.05) is 6.92 Å². The van der Waals surface area contributed by atoms with E-state index in [0.29, 0.717) is 18.3 Å². The Morgan fingerprint density at radius 2 is 2.31 bits per heavy atom. The van der Waals surface area contributed by atoms with E-state index in [-0.39, 0.29) is 11.9 Å². The molecule has 0 fully saturated rings. The van der Waals surface area contributed by atoms with Gasteiger partial charge in [-0.15, -0.1) is 0 Å². The van der Waals surface area contributed by atoms with Crippen molar-refractivity contribution < 1.29 is 4.79 Å². The lowest BCUT2D eigenvalue weighted by Crippen LogP contribution is -2.37. The number of likely N-dealkylation sites (N-methyl/N-ethyl adjacent to an activating group) is 1. The van der Waals surface area contributed by atoms with Crippen molar-refractivity contribution in [1.29, 1.82) is 0 Å². The second-order valence-corrected chi connectivity index (χ2v) is 3.28. The van der Waals surface area contributed by atoms with E-state index in [2.05, 4.69) is 25.9 Å². The summed E-state index contributed by atoms with van der Waals surface area (Å²) >= 11 is 0. The van der Waals surface area contributed by atoms with Gasteiger partial charge in [-0.05, 0) is 19.9 Å². The maximum atomic E-state index is 11.5. The highest BCUT2D eigenvalue weighted by Gasteiger charge is 2.11. The van der Waals surface area contributed by atoms with Crippen LogP contribution in [0.5, 0.6) is 0 Å². The Morgan fingerprint density at radius 3 is 2.94 bits per heavy atom. The minimum Gasteiger partial charge on any atom is -0.358 e. The number of hydrogen-bond acceptors (Lipinski definition) is 5. The zero-order valence-electron chi connectivity index (χ0n) is 9.74. The van der Waals surface area contributed by atoms with Crippen molar-refractivity contribution in [3.63, 3.8) is 0 Å². The van der Waals surface area contributed by atoms with Gasteiger partial charge in [-0.25, -0.2) is 4.98 Å². The van der Waals surface area contributed by atoms with Crippen molar-refractivity contribution in [2.75, 3.05) is 24.2 Å². The van der Waals surface area contributed by atoms with Gasteiger partial charge in [-0.1, -0.05) is 0 Å². The van der Waals surface area contributed by atoms with Gasteiger partial charge in [0.1, 0.15) is 11.9 Å². The molecule has 6 heteroatoms. The van der Waals surface area contributed by atoms with Gasteiger partial charge < -0.3 is 16.0 Å². The van der Waals surface area contributed by atoms with Gasteiger partial charge in [0.15, 0.2) is 0 Å². The van der Waals surface area contributed by atoms with Crippen LogP contribution in [0, 0.1) is 0 Å². The molecule has 1 atom stereocenters. The summed E-state index contributed by atoms with van der Waals surface area (Å²) in [6, 6.07) is 1.40. The first-order valence-electron chi connectivity index (χ1n) is 5.22. The van der Waals surface area contributed by atoms with Gasteiger partial charge in [-0.2, -0.15) is 4.98 Å². The van der Waals surface area contributed by atoms with Crippen LogP contribution in [0.2, 0.25) is 0 Å². The molecule has 1 aromatic heterocycles. The van der Waals surface area contributed by atoms with E-state index in [0.717, 1.165) is 0 Å². The molecule has 1 aromatic rings. The predicted octanol–water partition coefficient (Wildman–Crippen LogP) is 0.455. The number of carbonyl (C=O) groups excluding carboxylic acids is 1. The molecule has 0 aliphatic rings. The third-order valence-electron chi connectivity index (χ3n) is 1.99. The summed E-state index contributed by atoms with van der Waals surface area (Å²) in [5, 5.41) is 8.56. The monoisotopic (exact) mass is 223 g/mol. The first kappa shape index (κ1) is 12.2. The van der Waals surface area contributed by atoms with Crippen LogP contribution >= 0.6 is 0 Å². The van der Waals surface area contributed by atoms with Crippen molar-refractivity contribution in [2.24, 2.45) is 0 Å². The quantitative estimate of drug-likeness (QED) is 0.675. The Balaban J connectivity index is 2.61. The van der Waals surface area contributed by atoms with Crippen LogP contribution in [0.3, 0.4) is 0 Å². The Hall–Kier alpha value is -1.85. The number of amides is 1. The molecule has 0 radical (unpaired) electrons. The summed E-state index contributed by atoms with van der Waals surface area (Å²) in [6.45, 7) is 4.29. The van der Waals surface area contributed by atoms with Gasteiger partial charge in [0, 0.05) is 19.8 Å². The largest absolute Gasteiger partial charge is 0.358 e. The molecule has 88 valence electrons. The lowest BCUT2D eigenvalue weighted by molar-refractivity contribution is -0.121.